The van der Waals surface area contributed by atoms with Gasteiger partial charge in [-0.2, -0.15) is 4.36 Å². The highest BCUT2D eigenvalue weighted by Crippen LogP contribution is 2.15. The van der Waals surface area contributed by atoms with Crippen LogP contribution < -0.4 is 4.74 Å². The van der Waals surface area contributed by atoms with Gasteiger partial charge < -0.3 is 4.74 Å². The van der Waals surface area contributed by atoms with Gasteiger partial charge in [-0.25, -0.2) is 4.21 Å². The Labute approximate surface area is 171 Å². The molecule has 1 atom stereocenters. The Balaban J connectivity index is 1.87. The molecule has 1 unspecified atom stereocenters. The van der Waals surface area contributed by atoms with E-state index in [9.17, 15) is 9.00 Å². The maximum absolute atomic E-state index is 12.9. The zero-order valence-corrected chi connectivity index (χ0v) is 17.2. The number of carbonyl (C=O) groups excluding carboxylic acids is 1. The highest BCUT2D eigenvalue weighted by Gasteiger charge is 2.12. The van der Waals surface area contributed by atoms with Crippen molar-refractivity contribution in [3.8, 4) is 17.6 Å². The van der Waals surface area contributed by atoms with E-state index in [0.717, 1.165) is 11.1 Å². The molecular formula is C23H20N2O3S. The van der Waals surface area contributed by atoms with Gasteiger partial charge in [-0.1, -0.05) is 35.6 Å². The maximum atomic E-state index is 12.9. The van der Waals surface area contributed by atoms with Crippen LogP contribution in [0.1, 0.15) is 27.0 Å². The second-order valence-electron chi connectivity index (χ2n) is 6.46. The number of carbonyl (C=O) groups is 1. The summed E-state index contributed by atoms with van der Waals surface area (Å²) >= 11 is 0. The first-order valence-electron chi connectivity index (χ1n) is 8.82. The van der Waals surface area contributed by atoms with Crippen molar-refractivity contribution < 1.29 is 13.7 Å². The summed E-state index contributed by atoms with van der Waals surface area (Å²) in [5.41, 5.74) is 2.62. The molecule has 3 aromatic rings. The lowest BCUT2D eigenvalue weighted by Gasteiger charge is -2.04. The van der Waals surface area contributed by atoms with Crippen molar-refractivity contribution in [3.63, 3.8) is 0 Å². The first-order chi connectivity index (χ1) is 13.9. The number of rotatable bonds is 3. The third-order valence-corrected chi connectivity index (χ3v) is 5.78. The van der Waals surface area contributed by atoms with Crippen LogP contribution in [0.3, 0.4) is 0 Å². The minimum absolute atomic E-state index is 0.240. The Bertz CT molecular complexity index is 1230. The summed E-state index contributed by atoms with van der Waals surface area (Å²) in [7, 11) is -1.26. The van der Waals surface area contributed by atoms with E-state index in [4.69, 9.17) is 4.74 Å². The van der Waals surface area contributed by atoms with Gasteiger partial charge in [0.2, 0.25) is 0 Å². The van der Waals surface area contributed by atoms with Crippen LogP contribution >= 0.6 is 0 Å². The van der Waals surface area contributed by atoms with E-state index in [0.29, 0.717) is 16.2 Å². The predicted octanol–water partition coefficient (Wildman–Crippen LogP) is 4.10. The van der Waals surface area contributed by atoms with E-state index in [2.05, 4.69) is 21.2 Å². The van der Waals surface area contributed by atoms with Crippen molar-refractivity contribution in [2.75, 3.05) is 13.4 Å². The molecule has 1 aromatic heterocycles. The van der Waals surface area contributed by atoms with Crippen LogP contribution in [0.4, 0.5) is 0 Å². The van der Waals surface area contributed by atoms with E-state index >= 15 is 0 Å². The van der Waals surface area contributed by atoms with Gasteiger partial charge in [0.15, 0.2) is 0 Å². The monoisotopic (exact) mass is 404 g/mol. The van der Waals surface area contributed by atoms with Crippen LogP contribution in [0, 0.1) is 18.8 Å². The molecule has 146 valence electrons. The van der Waals surface area contributed by atoms with Crippen LogP contribution in [0.15, 0.2) is 76.2 Å². The number of amides is 1. The van der Waals surface area contributed by atoms with Crippen molar-refractivity contribution in [1.29, 1.82) is 0 Å². The molecule has 5 nitrogen and oxygen atoms in total. The van der Waals surface area contributed by atoms with Crippen LogP contribution in [0.25, 0.3) is 0 Å². The van der Waals surface area contributed by atoms with Gasteiger partial charge in [-0.05, 0) is 43.3 Å². The number of aryl methyl sites for hydroxylation is 1. The minimum atomic E-state index is -2.85. The van der Waals surface area contributed by atoms with Gasteiger partial charge in [0.05, 0.1) is 22.4 Å². The van der Waals surface area contributed by atoms with Crippen molar-refractivity contribution in [2.45, 2.75) is 11.8 Å². The number of nitrogens with zero attached hydrogens (tertiary/aromatic N) is 2. The number of benzene rings is 2. The van der Waals surface area contributed by atoms with Gasteiger partial charge in [0.25, 0.3) is 5.91 Å². The van der Waals surface area contributed by atoms with Gasteiger partial charge >= 0.3 is 0 Å². The molecule has 6 heteroatoms. The zero-order valence-electron chi connectivity index (χ0n) is 16.4. The Morgan fingerprint density at radius 3 is 2.48 bits per heavy atom. The Hall–Kier alpha value is -3.43. The van der Waals surface area contributed by atoms with E-state index in [1.807, 2.05) is 43.3 Å². The van der Waals surface area contributed by atoms with Gasteiger partial charge in [-0.3, -0.25) is 9.78 Å². The maximum Gasteiger partial charge on any atom is 0.286 e. The van der Waals surface area contributed by atoms with Crippen molar-refractivity contribution in [3.05, 3.63) is 89.2 Å². The van der Waals surface area contributed by atoms with Gasteiger partial charge in [0.1, 0.15) is 5.75 Å². The Morgan fingerprint density at radius 1 is 1.03 bits per heavy atom. The SMILES string of the molecule is COc1cccc(C#Cc2cncc(C(=O)N=S(C)(=O)c3ccc(C)cc3)c2)c1. The van der Waals surface area contributed by atoms with Gasteiger partial charge in [-0.15, -0.1) is 0 Å². The molecule has 0 fully saturated rings. The van der Waals surface area contributed by atoms with Crippen molar-refractivity contribution in [2.24, 2.45) is 4.36 Å². The van der Waals surface area contributed by atoms with Crippen LogP contribution in [-0.2, 0) is 9.73 Å². The molecule has 0 aliphatic rings. The third-order valence-electron chi connectivity index (χ3n) is 4.12. The van der Waals surface area contributed by atoms with Crippen molar-refractivity contribution >= 4 is 15.6 Å². The molecule has 0 saturated carbocycles. The average Bonchev–Trinajstić information content (AvgIpc) is 2.72. The first-order valence-corrected chi connectivity index (χ1v) is 10.7. The highest BCUT2D eigenvalue weighted by molar-refractivity contribution is 7.93. The molecular weight excluding hydrogens is 384 g/mol. The summed E-state index contributed by atoms with van der Waals surface area (Å²) in [4.78, 5) is 17.1. The smallest absolute Gasteiger partial charge is 0.286 e. The normalized spacial score (nSPS) is 12.2. The lowest BCUT2D eigenvalue weighted by molar-refractivity contribution is 0.100. The lowest BCUT2D eigenvalue weighted by atomic mass is 10.1. The summed E-state index contributed by atoms with van der Waals surface area (Å²) < 4.78 is 22.0. The summed E-state index contributed by atoms with van der Waals surface area (Å²) in [6, 6.07) is 16.1. The lowest BCUT2D eigenvalue weighted by Crippen LogP contribution is -2.04. The molecule has 29 heavy (non-hydrogen) atoms. The second-order valence-corrected chi connectivity index (χ2v) is 8.72. The van der Waals surface area contributed by atoms with Gasteiger partial charge in [0, 0.05) is 34.7 Å². The molecule has 2 aromatic carbocycles. The van der Waals surface area contributed by atoms with E-state index in [1.54, 1.807) is 31.5 Å². The van der Waals surface area contributed by atoms with Crippen molar-refractivity contribution in [1.82, 2.24) is 4.98 Å². The number of methoxy groups -OCH3 is 1. The highest BCUT2D eigenvalue weighted by atomic mass is 32.2. The fourth-order valence-electron chi connectivity index (χ4n) is 2.52. The van der Waals surface area contributed by atoms with E-state index in [1.165, 1.54) is 12.5 Å². The molecule has 1 amide bonds. The topological polar surface area (TPSA) is 68.6 Å². The number of pyridine rings is 1. The Morgan fingerprint density at radius 2 is 1.76 bits per heavy atom. The van der Waals surface area contributed by atoms with E-state index in [-0.39, 0.29) is 5.56 Å². The van der Waals surface area contributed by atoms with E-state index < -0.39 is 15.6 Å². The summed E-state index contributed by atoms with van der Waals surface area (Å²) in [5, 5.41) is 0. The standard InChI is InChI=1S/C23H20N2O3S/c1-17-7-11-22(12-8-17)29(3,27)25-23(26)20-13-19(15-24-16-20)10-9-18-5-4-6-21(14-18)28-2/h4-8,11-16H,1-3H3. The predicted molar refractivity (Wildman–Crippen MR) is 113 cm³/mol. The molecule has 0 aliphatic heterocycles. The quantitative estimate of drug-likeness (QED) is 0.617. The molecule has 3 rings (SSSR count). The second kappa shape index (κ2) is 8.72. The summed E-state index contributed by atoms with van der Waals surface area (Å²) in [6.07, 6.45) is 4.41. The van der Waals surface area contributed by atoms with Crippen LogP contribution in [0.5, 0.6) is 5.75 Å². The molecule has 0 saturated heterocycles. The third kappa shape index (κ3) is 5.31. The van der Waals surface area contributed by atoms with Crippen LogP contribution in [-0.4, -0.2) is 28.5 Å². The number of ether oxygens (including phenoxy) is 1. The number of hydrogen-bond donors (Lipinski definition) is 0. The molecule has 0 radical (unpaired) electrons. The largest absolute Gasteiger partial charge is 0.497 e. The molecule has 1 heterocycles. The average molecular weight is 404 g/mol. The first kappa shape index (κ1) is 20.3. The fourth-order valence-corrected chi connectivity index (χ4v) is 3.69. The molecule has 0 aliphatic carbocycles. The van der Waals surface area contributed by atoms with Crippen LogP contribution in [0.2, 0.25) is 0 Å². The summed E-state index contributed by atoms with van der Waals surface area (Å²) in [5.74, 6) is 6.11. The number of hydrogen-bond acceptors (Lipinski definition) is 4. The molecule has 0 N–H and O–H groups in total. The zero-order chi connectivity index (χ0) is 20.9. The summed E-state index contributed by atoms with van der Waals surface area (Å²) in [6.45, 7) is 1.94. The fraction of sp³-hybridized carbons (Fsp3) is 0.130. The number of aromatic nitrogens is 1. The minimum Gasteiger partial charge on any atom is -0.497 e. The molecule has 0 bridgehead atoms. The molecule has 0 spiro atoms. The Kier molecular flexibility index (Phi) is 6.10.